The summed E-state index contributed by atoms with van der Waals surface area (Å²) in [5.74, 6) is 1.43. The lowest BCUT2D eigenvalue weighted by Gasteiger charge is -2.10. The minimum atomic E-state index is 0.475. The van der Waals surface area contributed by atoms with Crippen LogP contribution in [0.15, 0.2) is 71.6 Å². The quantitative estimate of drug-likeness (QED) is 0.418. The topological polar surface area (TPSA) is 78.9 Å². The molecule has 0 N–H and O–H groups in total. The van der Waals surface area contributed by atoms with Crippen LogP contribution >= 0.6 is 0 Å². The number of imidazole rings is 1. The summed E-state index contributed by atoms with van der Waals surface area (Å²) in [4.78, 5) is 13.3. The highest BCUT2D eigenvalue weighted by atomic mass is 16.5. The number of aryl methyl sites for hydroxylation is 2. The zero-order valence-electron chi connectivity index (χ0n) is 16.6. The van der Waals surface area contributed by atoms with Crippen LogP contribution in [0.25, 0.3) is 22.3 Å². The third-order valence-corrected chi connectivity index (χ3v) is 4.93. The number of hydrogen-bond acceptors (Lipinski definition) is 6. The fourth-order valence-electron chi connectivity index (χ4n) is 3.52. The van der Waals surface area contributed by atoms with Gasteiger partial charge in [-0.15, -0.1) is 0 Å². The Hall–Kier alpha value is -4.00. The molecule has 5 aromatic rings. The van der Waals surface area contributed by atoms with E-state index in [-0.39, 0.29) is 0 Å². The molecule has 0 atom stereocenters. The van der Waals surface area contributed by atoms with Crippen molar-refractivity contribution in [3.05, 3.63) is 84.1 Å². The zero-order valence-corrected chi connectivity index (χ0v) is 16.6. The summed E-state index contributed by atoms with van der Waals surface area (Å²) in [5.41, 5.74) is 5.35. The fraction of sp³-hybridized carbons (Fsp3) is 0.130. The molecule has 0 aliphatic rings. The Morgan fingerprint density at radius 1 is 1.03 bits per heavy atom. The van der Waals surface area contributed by atoms with E-state index in [1.807, 2.05) is 36.6 Å². The van der Waals surface area contributed by atoms with Gasteiger partial charge >= 0.3 is 6.01 Å². The summed E-state index contributed by atoms with van der Waals surface area (Å²) in [7, 11) is 0. The lowest BCUT2D eigenvalue weighted by Crippen LogP contribution is -2.02. The van der Waals surface area contributed by atoms with Crippen LogP contribution in [0.2, 0.25) is 0 Å². The van der Waals surface area contributed by atoms with Gasteiger partial charge in [0.25, 0.3) is 0 Å². The van der Waals surface area contributed by atoms with Crippen molar-refractivity contribution in [2.75, 3.05) is 0 Å². The third kappa shape index (κ3) is 3.30. The summed E-state index contributed by atoms with van der Waals surface area (Å²) in [6.07, 6.45) is 5.17. The molecule has 4 heterocycles. The predicted molar refractivity (Wildman–Crippen MR) is 112 cm³/mol. The summed E-state index contributed by atoms with van der Waals surface area (Å²) in [6, 6.07) is 16.3. The number of fused-ring (bicyclic) bond motifs is 1. The highest BCUT2D eigenvalue weighted by molar-refractivity contribution is 5.80. The van der Waals surface area contributed by atoms with Crippen LogP contribution in [0.1, 0.15) is 17.0 Å². The van der Waals surface area contributed by atoms with Gasteiger partial charge in [-0.05, 0) is 37.6 Å². The average molecular weight is 397 g/mol. The van der Waals surface area contributed by atoms with Gasteiger partial charge in [-0.2, -0.15) is 4.98 Å². The molecule has 5 rings (SSSR count). The zero-order chi connectivity index (χ0) is 20.5. The highest BCUT2D eigenvalue weighted by Gasteiger charge is 2.18. The van der Waals surface area contributed by atoms with Crippen molar-refractivity contribution in [2.45, 2.75) is 20.4 Å². The van der Waals surface area contributed by atoms with Crippen LogP contribution in [-0.2, 0) is 6.54 Å². The number of hydrogen-bond donors (Lipinski definition) is 0. The van der Waals surface area contributed by atoms with E-state index < -0.39 is 0 Å². The lowest BCUT2D eigenvalue weighted by molar-refractivity contribution is 0.393. The maximum Gasteiger partial charge on any atom is 0.304 e. The first-order valence-corrected chi connectivity index (χ1v) is 9.60. The molecule has 0 bridgehead atoms. The van der Waals surface area contributed by atoms with Gasteiger partial charge in [0.2, 0.25) is 0 Å². The second-order valence-electron chi connectivity index (χ2n) is 7.02. The molecule has 4 aromatic heterocycles. The van der Waals surface area contributed by atoms with Crippen LogP contribution in [0, 0.1) is 13.8 Å². The lowest BCUT2D eigenvalue weighted by atomic mass is 10.1. The molecule has 0 aliphatic carbocycles. The van der Waals surface area contributed by atoms with Crippen LogP contribution in [0.5, 0.6) is 11.8 Å². The van der Waals surface area contributed by atoms with E-state index in [1.54, 1.807) is 30.7 Å². The molecule has 0 spiro atoms. The average Bonchev–Trinajstić information content (AvgIpc) is 3.28. The number of ether oxygens (including phenoxy) is 1. The van der Waals surface area contributed by atoms with Crippen LogP contribution < -0.4 is 4.74 Å². The van der Waals surface area contributed by atoms with Crippen molar-refractivity contribution in [1.82, 2.24) is 24.7 Å². The predicted octanol–water partition coefficient (Wildman–Crippen LogP) is 4.94. The maximum atomic E-state index is 6.09. The summed E-state index contributed by atoms with van der Waals surface area (Å²) >= 11 is 0. The molecule has 0 saturated carbocycles. The van der Waals surface area contributed by atoms with Gasteiger partial charge in [-0.1, -0.05) is 35.5 Å². The molecule has 148 valence electrons. The molecule has 0 fully saturated rings. The number of rotatable bonds is 5. The van der Waals surface area contributed by atoms with Crippen LogP contribution in [0.4, 0.5) is 0 Å². The smallest absolute Gasteiger partial charge is 0.304 e. The van der Waals surface area contributed by atoms with Gasteiger partial charge in [0.05, 0.1) is 17.8 Å². The molecule has 0 unspecified atom stereocenters. The third-order valence-electron chi connectivity index (χ3n) is 4.93. The van der Waals surface area contributed by atoms with Crippen molar-refractivity contribution in [3.8, 4) is 22.9 Å². The van der Waals surface area contributed by atoms with Crippen LogP contribution in [-0.4, -0.2) is 24.7 Å². The highest BCUT2D eigenvalue weighted by Crippen LogP contribution is 2.31. The molecule has 0 aliphatic heterocycles. The number of pyridine rings is 2. The van der Waals surface area contributed by atoms with Crippen molar-refractivity contribution in [3.63, 3.8) is 0 Å². The summed E-state index contributed by atoms with van der Waals surface area (Å²) < 4.78 is 13.5. The van der Waals surface area contributed by atoms with E-state index >= 15 is 0 Å². The number of aromatic nitrogens is 5. The first-order chi connectivity index (χ1) is 14.7. The largest absolute Gasteiger partial charge is 0.425 e. The molecule has 0 amide bonds. The Kier molecular flexibility index (Phi) is 4.48. The van der Waals surface area contributed by atoms with Gasteiger partial charge in [-0.3, -0.25) is 9.55 Å². The Balaban J connectivity index is 1.66. The van der Waals surface area contributed by atoms with Crippen LogP contribution in [0.3, 0.4) is 0 Å². The van der Waals surface area contributed by atoms with E-state index in [2.05, 4.69) is 38.3 Å². The Bertz CT molecular complexity index is 1290. The van der Waals surface area contributed by atoms with Gasteiger partial charge in [0, 0.05) is 29.7 Å². The van der Waals surface area contributed by atoms with Crippen molar-refractivity contribution in [1.29, 1.82) is 0 Å². The first kappa shape index (κ1) is 18.1. The minimum Gasteiger partial charge on any atom is -0.425 e. The van der Waals surface area contributed by atoms with Crippen molar-refractivity contribution in [2.24, 2.45) is 0 Å². The first-order valence-electron chi connectivity index (χ1n) is 9.60. The van der Waals surface area contributed by atoms with Gasteiger partial charge < -0.3 is 9.26 Å². The number of nitrogens with zero attached hydrogens (tertiary/aromatic N) is 5. The normalized spacial score (nSPS) is 11.1. The van der Waals surface area contributed by atoms with E-state index in [0.29, 0.717) is 24.0 Å². The second-order valence-corrected chi connectivity index (χ2v) is 7.02. The van der Waals surface area contributed by atoms with Crippen molar-refractivity contribution >= 4 is 11.2 Å². The summed E-state index contributed by atoms with van der Waals surface area (Å²) in [6.45, 7) is 4.43. The van der Waals surface area contributed by atoms with E-state index in [1.165, 1.54) is 0 Å². The van der Waals surface area contributed by atoms with E-state index in [0.717, 1.165) is 33.7 Å². The molecule has 30 heavy (non-hydrogen) atoms. The molecule has 0 radical (unpaired) electrons. The van der Waals surface area contributed by atoms with Gasteiger partial charge in [0.15, 0.2) is 5.65 Å². The Labute approximate surface area is 173 Å². The monoisotopic (exact) mass is 397 g/mol. The molecule has 0 saturated heterocycles. The molecule has 1 aromatic carbocycles. The van der Waals surface area contributed by atoms with Crippen molar-refractivity contribution < 1.29 is 9.26 Å². The SMILES string of the molecule is Cc1noc(C)c1-c1cnc2nc(Oc3ccncc3)n(Cc3ccccc3)c2c1. The summed E-state index contributed by atoms with van der Waals surface area (Å²) in [5, 5.41) is 4.07. The maximum absolute atomic E-state index is 6.09. The molecule has 7 nitrogen and oxygen atoms in total. The molecular weight excluding hydrogens is 378 g/mol. The molecule has 7 heteroatoms. The van der Waals surface area contributed by atoms with Gasteiger partial charge in [0.1, 0.15) is 11.5 Å². The molecular formula is C23H19N5O2. The standard InChI is InChI=1S/C23H19N5O2/c1-15-21(16(2)30-27-15)18-12-20-22(25-13-18)26-23(29-19-8-10-24-11-9-19)28(20)14-17-6-4-3-5-7-17/h3-13H,14H2,1-2H3. The Morgan fingerprint density at radius 2 is 1.83 bits per heavy atom. The van der Waals surface area contributed by atoms with E-state index in [4.69, 9.17) is 9.26 Å². The number of benzene rings is 1. The van der Waals surface area contributed by atoms with E-state index in [9.17, 15) is 0 Å². The second kappa shape index (κ2) is 7.44. The Morgan fingerprint density at radius 3 is 2.57 bits per heavy atom. The van der Waals surface area contributed by atoms with Gasteiger partial charge in [-0.25, -0.2) is 4.98 Å². The fourth-order valence-corrected chi connectivity index (χ4v) is 3.52. The minimum absolute atomic E-state index is 0.475.